The number of nitrogens with zero attached hydrogens (tertiary/aromatic N) is 5. The maximum absolute atomic E-state index is 12.4. The first-order valence-corrected chi connectivity index (χ1v) is 12.5. The molecule has 0 spiro atoms. The van der Waals surface area contributed by atoms with Crippen LogP contribution in [0.2, 0.25) is 5.02 Å². The van der Waals surface area contributed by atoms with Gasteiger partial charge in [-0.15, -0.1) is 5.10 Å². The van der Waals surface area contributed by atoms with Gasteiger partial charge in [0.15, 0.2) is 5.82 Å². The van der Waals surface area contributed by atoms with Crippen LogP contribution in [0.3, 0.4) is 0 Å². The largest absolute Gasteiger partial charge is 0.481 e. The number of hydrogen-bond donors (Lipinski definition) is 2. The van der Waals surface area contributed by atoms with Gasteiger partial charge in [-0.25, -0.2) is 4.79 Å². The minimum atomic E-state index is -0.748. The summed E-state index contributed by atoms with van der Waals surface area (Å²) in [6, 6.07) is 15.0. The Labute approximate surface area is 219 Å². The van der Waals surface area contributed by atoms with E-state index in [-0.39, 0.29) is 5.82 Å². The highest BCUT2D eigenvalue weighted by atomic mass is 35.5. The fourth-order valence-electron chi connectivity index (χ4n) is 4.56. The summed E-state index contributed by atoms with van der Waals surface area (Å²) < 4.78 is 5.44. The summed E-state index contributed by atoms with van der Waals surface area (Å²) in [5.41, 5.74) is 1.93. The second-order valence-electron chi connectivity index (χ2n) is 9.24. The number of anilines is 3. The van der Waals surface area contributed by atoms with Crippen LogP contribution in [-0.2, 0) is 14.9 Å². The number of nitrogens with one attached hydrogen (secondary N) is 1. The first-order valence-electron chi connectivity index (χ1n) is 12.1. The van der Waals surface area contributed by atoms with Crippen LogP contribution in [0.4, 0.5) is 22.2 Å². The van der Waals surface area contributed by atoms with Crippen LogP contribution in [0, 0.1) is 0 Å². The Bertz CT molecular complexity index is 1290. The summed E-state index contributed by atoms with van der Waals surface area (Å²) >= 11 is 6.18. The van der Waals surface area contributed by atoms with Crippen molar-refractivity contribution in [3.8, 4) is 0 Å². The second-order valence-corrected chi connectivity index (χ2v) is 9.65. The number of carbonyl (C=O) groups excluding carboxylic acids is 1. The molecule has 192 valence electrons. The number of aliphatic carboxylic acids is 1. The molecule has 1 aliphatic carbocycles. The number of carboxylic acids is 1. The van der Waals surface area contributed by atoms with Gasteiger partial charge in [0, 0.05) is 42.5 Å². The molecule has 2 fully saturated rings. The zero-order valence-electron chi connectivity index (χ0n) is 20.3. The van der Waals surface area contributed by atoms with Gasteiger partial charge in [0.05, 0.1) is 11.6 Å². The van der Waals surface area contributed by atoms with Crippen molar-refractivity contribution >= 4 is 41.1 Å². The van der Waals surface area contributed by atoms with Crippen molar-refractivity contribution in [1.82, 2.24) is 15.2 Å². The number of piperazine rings is 1. The Hall–Kier alpha value is -3.92. The first-order chi connectivity index (χ1) is 17.9. The molecule has 1 unspecified atom stereocenters. The van der Waals surface area contributed by atoms with Gasteiger partial charge >= 0.3 is 12.1 Å². The normalized spacial score (nSPS) is 17.1. The highest BCUT2D eigenvalue weighted by molar-refractivity contribution is 6.31. The van der Waals surface area contributed by atoms with E-state index in [1.165, 1.54) is 6.20 Å². The van der Waals surface area contributed by atoms with Gasteiger partial charge in [-0.1, -0.05) is 41.9 Å². The lowest BCUT2D eigenvalue weighted by Crippen LogP contribution is -2.47. The Balaban J connectivity index is 1.16. The zero-order chi connectivity index (χ0) is 26.0. The summed E-state index contributed by atoms with van der Waals surface area (Å²) in [4.78, 5) is 32.7. The Morgan fingerprint density at radius 2 is 1.73 bits per heavy atom. The average Bonchev–Trinajstić information content (AvgIpc) is 3.72. The third-order valence-electron chi connectivity index (χ3n) is 6.91. The molecule has 1 amide bonds. The number of carbonyl (C=O) groups is 2. The van der Waals surface area contributed by atoms with Crippen LogP contribution >= 0.6 is 11.6 Å². The molecule has 2 N–H and O–H groups in total. The fraction of sp³-hybridized carbons (Fsp3) is 0.346. The number of rotatable bonds is 7. The van der Waals surface area contributed by atoms with E-state index in [1.807, 2.05) is 41.3 Å². The molecule has 1 atom stereocenters. The van der Waals surface area contributed by atoms with Crippen molar-refractivity contribution in [2.45, 2.75) is 31.3 Å². The topological polar surface area (TPSA) is 121 Å². The summed E-state index contributed by atoms with van der Waals surface area (Å²) in [5, 5.41) is 20.8. The van der Waals surface area contributed by atoms with Gasteiger partial charge in [0.1, 0.15) is 6.10 Å². The predicted molar refractivity (Wildman–Crippen MR) is 139 cm³/mol. The molecular weight excluding hydrogens is 496 g/mol. The van der Waals surface area contributed by atoms with Crippen LogP contribution in [0.1, 0.15) is 37.0 Å². The molecule has 2 aliphatic rings. The van der Waals surface area contributed by atoms with E-state index in [0.29, 0.717) is 42.5 Å². The SMILES string of the molecule is CC(OC(=O)Nc1cnnc(N2CCN(c3ccc(C4(C(=O)O)CC4)cc3)CC2)n1)c1ccccc1Cl. The smallest absolute Gasteiger partial charge is 0.413 e. The molecule has 3 aromatic rings. The van der Waals surface area contributed by atoms with Crippen molar-refractivity contribution < 1.29 is 19.4 Å². The van der Waals surface area contributed by atoms with Gasteiger partial charge < -0.3 is 19.6 Å². The standard InChI is InChI=1S/C26H27ClN6O4/c1-17(20-4-2-3-5-21(20)27)37-25(36)30-22-16-28-31-24(29-22)33-14-12-32(13-15-33)19-8-6-18(7-9-19)26(10-11-26)23(34)35/h2-9,16-17H,10-15H2,1H3,(H,34,35)(H,29,30,31,36). The molecule has 5 rings (SSSR count). The molecule has 11 heteroatoms. The van der Waals surface area contributed by atoms with Crippen molar-refractivity contribution in [2.24, 2.45) is 0 Å². The maximum Gasteiger partial charge on any atom is 0.413 e. The summed E-state index contributed by atoms with van der Waals surface area (Å²) in [6.07, 6.45) is 1.56. The minimum absolute atomic E-state index is 0.242. The molecule has 1 saturated heterocycles. The highest BCUT2D eigenvalue weighted by Crippen LogP contribution is 2.48. The first kappa shape index (κ1) is 24.8. The third kappa shape index (κ3) is 5.29. The summed E-state index contributed by atoms with van der Waals surface area (Å²) in [6.45, 7) is 4.55. The number of hydrogen-bond acceptors (Lipinski definition) is 8. The maximum atomic E-state index is 12.4. The van der Waals surface area contributed by atoms with Crippen molar-refractivity contribution in [2.75, 3.05) is 41.3 Å². The lowest BCUT2D eigenvalue weighted by Gasteiger charge is -2.36. The molecule has 37 heavy (non-hydrogen) atoms. The molecular formula is C26H27ClN6O4. The number of benzene rings is 2. The average molecular weight is 523 g/mol. The van der Waals surface area contributed by atoms with Crippen molar-refractivity contribution in [1.29, 1.82) is 0 Å². The molecule has 1 aliphatic heterocycles. The number of ether oxygens (including phenoxy) is 1. The van der Waals surface area contributed by atoms with E-state index in [0.717, 1.165) is 24.3 Å². The molecule has 1 aromatic heterocycles. The zero-order valence-corrected chi connectivity index (χ0v) is 21.1. The van der Waals surface area contributed by atoms with Crippen LogP contribution in [0.25, 0.3) is 0 Å². The van der Waals surface area contributed by atoms with Crippen LogP contribution in [0.5, 0.6) is 0 Å². The van der Waals surface area contributed by atoms with Crippen molar-refractivity contribution in [3.63, 3.8) is 0 Å². The third-order valence-corrected chi connectivity index (χ3v) is 7.26. The van der Waals surface area contributed by atoms with Crippen molar-refractivity contribution in [3.05, 3.63) is 70.9 Å². The number of amides is 1. The van der Waals surface area contributed by atoms with E-state index < -0.39 is 23.6 Å². The molecule has 2 heterocycles. The number of halogens is 1. The van der Waals surface area contributed by atoms with E-state index in [4.69, 9.17) is 16.3 Å². The van der Waals surface area contributed by atoms with Gasteiger partial charge in [-0.05, 0) is 43.5 Å². The predicted octanol–water partition coefficient (Wildman–Crippen LogP) is 4.28. The lowest BCUT2D eigenvalue weighted by atomic mass is 9.96. The molecule has 0 bridgehead atoms. The monoisotopic (exact) mass is 522 g/mol. The fourth-order valence-corrected chi connectivity index (χ4v) is 4.85. The van der Waals surface area contributed by atoms with Gasteiger partial charge in [0.2, 0.25) is 5.95 Å². The van der Waals surface area contributed by atoms with Gasteiger partial charge in [0.25, 0.3) is 0 Å². The summed E-state index contributed by atoms with van der Waals surface area (Å²) in [5.74, 6) is -0.0848. The molecule has 10 nitrogen and oxygen atoms in total. The molecule has 0 radical (unpaired) electrons. The summed E-state index contributed by atoms with van der Waals surface area (Å²) in [7, 11) is 0. The lowest BCUT2D eigenvalue weighted by molar-refractivity contribution is -0.140. The quantitative estimate of drug-likeness (QED) is 0.468. The van der Waals surface area contributed by atoms with Gasteiger partial charge in [-0.2, -0.15) is 10.1 Å². The Morgan fingerprint density at radius 3 is 2.38 bits per heavy atom. The van der Waals surface area contributed by atoms with E-state index in [1.54, 1.807) is 19.1 Å². The molecule has 2 aromatic carbocycles. The second kappa shape index (κ2) is 10.2. The minimum Gasteiger partial charge on any atom is -0.481 e. The number of carboxylic acid groups (broad SMARTS) is 1. The molecule has 1 saturated carbocycles. The Morgan fingerprint density at radius 1 is 1.05 bits per heavy atom. The van der Waals surface area contributed by atoms with Gasteiger partial charge in [-0.3, -0.25) is 10.1 Å². The van der Waals surface area contributed by atoms with E-state index in [2.05, 4.69) is 25.4 Å². The van der Waals surface area contributed by atoms with Crippen LogP contribution in [-0.4, -0.2) is 58.5 Å². The van der Waals surface area contributed by atoms with E-state index in [9.17, 15) is 14.7 Å². The number of aromatic nitrogens is 3. The van der Waals surface area contributed by atoms with E-state index >= 15 is 0 Å². The van der Waals surface area contributed by atoms with Crippen LogP contribution < -0.4 is 15.1 Å². The Kier molecular flexibility index (Phi) is 6.84. The van der Waals surface area contributed by atoms with Crippen LogP contribution in [0.15, 0.2) is 54.7 Å². The highest BCUT2D eigenvalue weighted by Gasteiger charge is 2.51.